The molecule has 0 saturated carbocycles. The van der Waals surface area contributed by atoms with Crippen LogP contribution in [0.25, 0.3) is 16.9 Å². The molecule has 0 radical (unpaired) electrons. The van der Waals surface area contributed by atoms with E-state index in [0.717, 1.165) is 70.4 Å². The minimum absolute atomic E-state index is 0.115. The van der Waals surface area contributed by atoms with Crippen LogP contribution in [0.3, 0.4) is 0 Å². The Labute approximate surface area is 237 Å². The van der Waals surface area contributed by atoms with E-state index in [1.165, 1.54) is 24.4 Å². The fourth-order valence-corrected chi connectivity index (χ4v) is 6.00. The van der Waals surface area contributed by atoms with E-state index in [4.69, 9.17) is 14.3 Å². The van der Waals surface area contributed by atoms with Gasteiger partial charge in [0.05, 0.1) is 29.5 Å². The van der Waals surface area contributed by atoms with Gasteiger partial charge in [-0.3, -0.25) is 18.8 Å². The third-order valence-electron chi connectivity index (χ3n) is 7.21. The van der Waals surface area contributed by atoms with E-state index in [1.54, 1.807) is 10.9 Å². The number of likely N-dealkylation sites (tertiary alicyclic amines) is 1. The number of aromatic nitrogens is 6. The molecule has 5 aromatic rings. The van der Waals surface area contributed by atoms with Crippen molar-refractivity contribution < 1.29 is 4.79 Å². The van der Waals surface area contributed by atoms with Crippen LogP contribution in [0.5, 0.6) is 0 Å². The van der Waals surface area contributed by atoms with E-state index < -0.39 is 0 Å². The van der Waals surface area contributed by atoms with Crippen LogP contribution < -0.4 is 10.2 Å². The number of hydrogen-bond acceptors (Lipinski definition) is 8. The summed E-state index contributed by atoms with van der Waals surface area (Å²) in [6.45, 7) is 7.57. The quantitative estimate of drug-likeness (QED) is 0.288. The average Bonchev–Trinajstić information content (AvgIpc) is 3.68. The summed E-state index contributed by atoms with van der Waals surface area (Å²) in [4.78, 5) is 26.7. The second kappa shape index (κ2) is 11.2. The van der Waals surface area contributed by atoms with Crippen LogP contribution in [0.4, 0.5) is 16.5 Å². The van der Waals surface area contributed by atoms with Gasteiger partial charge in [0.1, 0.15) is 11.5 Å². The number of anilines is 3. The maximum Gasteiger partial charge on any atom is 0.246 e. The van der Waals surface area contributed by atoms with Crippen molar-refractivity contribution in [3.63, 3.8) is 0 Å². The molecule has 1 aromatic carbocycles. The molecule has 5 heterocycles. The van der Waals surface area contributed by atoms with E-state index in [9.17, 15) is 4.79 Å². The molecular formula is C29H33N9OS. The lowest BCUT2D eigenvalue weighted by atomic mass is 10.0. The second-order valence-corrected chi connectivity index (χ2v) is 11.4. The van der Waals surface area contributed by atoms with Gasteiger partial charge in [-0.2, -0.15) is 9.47 Å². The summed E-state index contributed by atoms with van der Waals surface area (Å²) in [5.74, 6) is 1.37. The zero-order valence-electron chi connectivity index (χ0n) is 23.0. The number of piperidine rings is 1. The number of aryl methyl sites for hydroxylation is 1. The van der Waals surface area contributed by atoms with Crippen LogP contribution in [0, 0.1) is 12.8 Å². The molecule has 206 valence electrons. The van der Waals surface area contributed by atoms with Crippen molar-refractivity contribution in [1.82, 2.24) is 33.4 Å². The number of nitrogens with zero attached hydrogens (tertiary/aromatic N) is 8. The van der Waals surface area contributed by atoms with E-state index in [1.807, 2.05) is 67.3 Å². The van der Waals surface area contributed by atoms with Gasteiger partial charge in [-0.1, -0.05) is 25.1 Å². The first kappa shape index (κ1) is 26.1. The zero-order valence-corrected chi connectivity index (χ0v) is 23.8. The van der Waals surface area contributed by atoms with Crippen molar-refractivity contribution in [2.75, 3.05) is 30.4 Å². The molecule has 1 amide bonds. The van der Waals surface area contributed by atoms with Crippen LogP contribution >= 0.6 is 11.5 Å². The minimum Gasteiger partial charge on any atom is -0.324 e. The van der Waals surface area contributed by atoms with Gasteiger partial charge < -0.3 is 10.2 Å². The molecule has 1 fully saturated rings. The Morgan fingerprint density at radius 1 is 1.20 bits per heavy atom. The van der Waals surface area contributed by atoms with Gasteiger partial charge in [-0.25, -0.2) is 9.97 Å². The summed E-state index contributed by atoms with van der Waals surface area (Å²) in [7, 11) is 2.01. The maximum absolute atomic E-state index is 12.5. The number of carbonyl (C=O) groups is 1. The van der Waals surface area contributed by atoms with Crippen LogP contribution in [-0.2, 0) is 17.9 Å². The Hall–Kier alpha value is -4.09. The topological polar surface area (TPSA) is 96.5 Å². The molecule has 1 N–H and O–H groups in total. The molecule has 1 unspecified atom stereocenters. The molecule has 10 nitrogen and oxygen atoms in total. The third-order valence-corrected chi connectivity index (χ3v) is 8.11. The first-order valence-electron chi connectivity index (χ1n) is 13.6. The lowest BCUT2D eigenvalue weighted by Crippen LogP contribution is -2.33. The average molecular weight is 556 g/mol. The Morgan fingerprint density at radius 3 is 2.88 bits per heavy atom. The number of amides is 1. The molecule has 0 aliphatic carbocycles. The van der Waals surface area contributed by atoms with Gasteiger partial charge in [0, 0.05) is 43.8 Å². The highest BCUT2D eigenvalue weighted by Gasteiger charge is 2.21. The summed E-state index contributed by atoms with van der Waals surface area (Å²) in [6.07, 6.45) is 10.00. The second-order valence-electron chi connectivity index (χ2n) is 10.6. The Kier molecular flexibility index (Phi) is 7.31. The van der Waals surface area contributed by atoms with Gasteiger partial charge in [-0.05, 0) is 62.0 Å². The Balaban J connectivity index is 1.20. The largest absolute Gasteiger partial charge is 0.324 e. The standard InChI is InChI=1S/C29H33N9OS/c1-20-8-7-11-36(15-20)18-24-12-27(40-34-24)35(3)29-28-30-14-25(38(28)16-21(2)32-29)22-13-31-37(17-22)19-26(39)33-23-9-5-4-6-10-23/h4-6,9-10,12-14,16-17,20H,7-8,11,15,18-19H2,1-3H3,(H,33,39). The van der Waals surface area contributed by atoms with Gasteiger partial charge in [0.2, 0.25) is 5.91 Å². The number of hydrogen-bond donors (Lipinski definition) is 1. The predicted molar refractivity (Wildman–Crippen MR) is 158 cm³/mol. The van der Waals surface area contributed by atoms with Crippen molar-refractivity contribution in [1.29, 1.82) is 0 Å². The summed E-state index contributed by atoms with van der Waals surface area (Å²) in [5.41, 5.74) is 5.23. The smallest absolute Gasteiger partial charge is 0.246 e. The van der Waals surface area contributed by atoms with Crippen molar-refractivity contribution >= 4 is 39.6 Å². The fraction of sp³-hybridized carbons (Fsp3) is 0.345. The third kappa shape index (κ3) is 5.61. The van der Waals surface area contributed by atoms with E-state index in [-0.39, 0.29) is 12.5 Å². The maximum atomic E-state index is 12.5. The number of rotatable bonds is 8. The summed E-state index contributed by atoms with van der Waals surface area (Å²) in [6, 6.07) is 11.6. The molecule has 0 bridgehead atoms. The molecule has 4 aromatic heterocycles. The predicted octanol–water partition coefficient (Wildman–Crippen LogP) is 5.00. The van der Waals surface area contributed by atoms with Gasteiger partial charge in [0.25, 0.3) is 0 Å². The van der Waals surface area contributed by atoms with Crippen LogP contribution in [0.1, 0.15) is 31.2 Å². The van der Waals surface area contributed by atoms with Crippen LogP contribution in [0.2, 0.25) is 0 Å². The van der Waals surface area contributed by atoms with E-state index in [2.05, 4.69) is 33.2 Å². The van der Waals surface area contributed by atoms with E-state index in [0.29, 0.717) is 0 Å². The number of nitrogens with one attached hydrogen (secondary N) is 1. The number of fused-ring (bicyclic) bond motifs is 1. The van der Waals surface area contributed by atoms with Crippen molar-refractivity contribution in [3.8, 4) is 11.3 Å². The number of carbonyl (C=O) groups excluding carboxylic acids is 1. The highest BCUT2D eigenvalue weighted by atomic mass is 32.1. The minimum atomic E-state index is -0.137. The molecule has 1 saturated heterocycles. The van der Waals surface area contributed by atoms with Crippen molar-refractivity contribution in [2.24, 2.45) is 5.92 Å². The number of para-hydroxylation sites is 1. The summed E-state index contributed by atoms with van der Waals surface area (Å²) < 4.78 is 8.42. The molecule has 40 heavy (non-hydrogen) atoms. The van der Waals surface area contributed by atoms with E-state index >= 15 is 0 Å². The van der Waals surface area contributed by atoms with Crippen molar-refractivity contribution in [2.45, 2.75) is 39.8 Å². The molecular weight excluding hydrogens is 522 g/mol. The van der Waals surface area contributed by atoms with Crippen LogP contribution in [-0.4, -0.2) is 59.5 Å². The van der Waals surface area contributed by atoms with Crippen molar-refractivity contribution in [3.05, 3.63) is 72.6 Å². The molecule has 11 heteroatoms. The molecule has 6 rings (SSSR count). The Bertz CT molecular complexity index is 1620. The number of benzene rings is 1. The monoisotopic (exact) mass is 555 g/mol. The SMILES string of the molecule is Cc1cn2c(-c3cnn(CC(=O)Nc4ccccc4)c3)cnc2c(N(C)c2cc(CN3CCCC(C)C3)ns2)n1. The van der Waals surface area contributed by atoms with Gasteiger partial charge >= 0.3 is 0 Å². The summed E-state index contributed by atoms with van der Waals surface area (Å²) >= 11 is 1.49. The first-order valence-corrected chi connectivity index (χ1v) is 14.3. The highest BCUT2D eigenvalue weighted by Crippen LogP contribution is 2.32. The fourth-order valence-electron chi connectivity index (χ4n) is 5.28. The lowest BCUT2D eigenvalue weighted by Gasteiger charge is -2.30. The van der Waals surface area contributed by atoms with Crippen LogP contribution in [0.15, 0.2) is 61.2 Å². The molecule has 1 aliphatic rings. The molecule has 0 spiro atoms. The normalized spacial score (nSPS) is 15.9. The highest BCUT2D eigenvalue weighted by molar-refractivity contribution is 7.10. The zero-order chi connectivity index (χ0) is 27.6. The number of imidazole rings is 1. The molecule has 1 aliphatic heterocycles. The first-order chi connectivity index (χ1) is 19.4. The van der Waals surface area contributed by atoms with Gasteiger partial charge in [-0.15, -0.1) is 0 Å². The molecule has 1 atom stereocenters. The lowest BCUT2D eigenvalue weighted by molar-refractivity contribution is -0.116. The van der Waals surface area contributed by atoms with Gasteiger partial charge in [0.15, 0.2) is 11.5 Å². The Morgan fingerprint density at radius 2 is 2.05 bits per heavy atom. The summed E-state index contributed by atoms with van der Waals surface area (Å²) in [5, 5.41) is 8.35.